The van der Waals surface area contributed by atoms with Crippen LogP contribution in [0, 0.1) is 6.92 Å². The van der Waals surface area contributed by atoms with Crippen LogP contribution in [0.1, 0.15) is 5.56 Å². The van der Waals surface area contributed by atoms with Crippen LogP contribution >= 0.6 is 0 Å². The number of hydrogen-bond donors (Lipinski definition) is 1. The Bertz CT molecular complexity index is 521. The summed E-state index contributed by atoms with van der Waals surface area (Å²) in [5.74, 6) is 0.138. The number of phenols is 1. The highest BCUT2D eigenvalue weighted by molar-refractivity contribution is 5.50. The van der Waals surface area contributed by atoms with Crippen molar-refractivity contribution < 1.29 is 5.11 Å². The lowest BCUT2D eigenvalue weighted by Gasteiger charge is -1.96. The molecule has 2 aromatic rings. The fourth-order valence-electron chi connectivity index (χ4n) is 1.35. The first-order chi connectivity index (χ1) is 7.75. The van der Waals surface area contributed by atoms with Gasteiger partial charge in [-0.1, -0.05) is 24.3 Å². The molecule has 2 aromatic carbocycles. The first kappa shape index (κ1) is 10.4. The van der Waals surface area contributed by atoms with Crippen molar-refractivity contribution in [3.05, 3.63) is 54.1 Å². The first-order valence-corrected chi connectivity index (χ1v) is 5.02. The predicted molar refractivity (Wildman–Crippen MR) is 63.5 cm³/mol. The fourth-order valence-corrected chi connectivity index (χ4v) is 1.35. The Labute approximate surface area is 94.1 Å². The number of azo groups is 1. The predicted octanol–water partition coefficient (Wildman–Crippen LogP) is 4.12. The lowest BCUT2D eigenvalue weighted by Crippen LogP contribution is -1.69. The van der Waals surface area contributed by atoms with E-state index in [0.29, 0.717) is 5.69 Å². The molecule has 0 aliphatic carbocycles. The Hall–Kier alpha value is -2.16. The average Bonchev–Trinajstić information content (AvgIpc) is 2.28. The van der Waals surface area contributed by atoms with Crippen molar-refractivity contribution in [2.75, 3.05) is 0 Å². The zero-order chi connectivity index (χ0) is 11.4. The molecule has 0 unspecified atom stereocenters. The topological polar surface area (TPSA) is 45.0 Å². The number of benzene rings is 2. The second-order valence-corrected chi connectivity index (χ2v) is 3.53. The van der Waals surface area contributed by atoms with Gasteiger partial charge in [-0.25, -0.2) is 0 Å². The highest BCUT2D eigenvalue weighted by Crippen LogP contribution is 2.27. The Balaban J connectivity index is 2.25. The molecule has 0 aromatic heterocycles. The Morgan fingerprint density at radius 3 is 2.50 bits per heavy atom. The van der Waals surface area contributed by atoms with E-state index in [9.17, 15) is 5.11 Å². The first-order valence-electron chi connectivity index (χ1n) is 5.02. The van der Waals surface area contributed by atoms with Crippen LogP contribution in [-0.2, 0) is 0 Å². The Morgan fingerprint density at radius 1 is 0.938 bits per heavy atom. The molecule has 0 radical (unpaired) electrons. The van der Waals surface area contributed by atoms with Gasteiger partial charge in [0.1, 0.15) is 11.4 Å². The molecule has 0 amide bonds. The third-order valence-corrected chi connectivity index (χ3v) is 2.16. The molecule has 0 saturated carbocycles. The minimum atomic E-state index is 0.138. The molecule has 1 N–H and O–H groups in total. The van der Waals surface area contributed by atoms with Gasteiger partial charge in [0, 0.05) is 0 Å². The number of aryl methyl sites for hydroxylation is 1. The monoisotopic (exact) mass is 212 g/mol. The summed E-state index contributed by atoms with van der Waals surface area (Å²) in [5, 5.41) is 17.5. The van der Waals surface area contributed by atoms with Crippen molar-refractivity contribution in [3.63, 3.8) is 0 Å². The molecule has 3 heteroatoms. The van der Waals surface area contributed by atoms with Crippen molar-refractivity contribution in [3.8, 4) is 5.75 Å². The van der Waals surface area contributed by atoms with Gasteiger partial charge in [0.05, 0.1) is 5.69 Å². The second kappa shape index (κ2) is 4.57. The SMILES string of the molecule is Cc1cccc(N=Nc2ccccc2O)c1. The number of phenolic OH excluding ortho intramolecular Hbond substituents is 1. The molecule has 0 fully saturated rings. The highest BCUT2D eigenvalue weighted by atomic mass is 16.3. The van der Waals surface area contributed by atoms with Crippen LogP contribution in [0.3, 0.4) is 0 Å². The summed E-state index contributed by atoms with van der Waals surface area (Å²) in [7, 11) is 0. The van der Waals surface area contributed by atoms with Crippen LogP contribution in [0.15, 0.2) is 58.8 Å². The third-order valence-electron chi connectivity index (χ3n) is 2.16. The van der Waals surface area contributed by atoms with Crippen molar-refractivity contribution >= 4 is 11.4 Å². The Morgan fingerprint density at radius 2 is 1.75 bits per heavy atom. The van der Waals surface area contributed by atoms with Crippen LogP contribution in [0.4, 0.5) is 11.4 Å². The number of aromatic hydroxyl groups is 1. The molecular formula is C13H12N2O. The van der Waals surface area contributed by atoms with Gasteiger partial charge in [0.2, 0.25) is 0 Å². The van der Waals surface area contributed by atoms with E-state index in [1.54, 1.807) is 18.2 Å². The van der Waals surface area contributed by atoms with Gasteiger partial charge in [-0.3, -0.25) is 0 Å². The van der Waals surface area contributed by atoms with E-state index in [2.05, 4.69) is 10.2 Å². The van der Waals surface area contributed by atoms with Gasteiger partial charge in [-0.2, -0.15) is 5.11 Å². The van der Waals surface area contributed by atoms with Crippen molar-refractivity contribution in [2.24, 2.45) is 10.2 Å². The molecule has 0 aliphatic rings. The van der Waals surface area contributed by atoms with Crippen LogP contribution in [0.25, 0.3) is 0 Å². The van der Waals surface area contributed by atoms with Gasteiger partial charge < -0.3 is 5.11 Å². The molecule has 0 atom stereocenters. The normalized spacial score (nSPS) is 10.8. The van der Waals surface area contributed by atoms with E-state index in [-0.39, 0.29) is 5.75 Å². The smallest absolute Gasteiger partial charge is 0.143 e. The summed E-state index contributed by atoms with van der Waals surface area (Å²) in [4.78, 5) is 0. The molecule has 0 heterocycles. The highest BCUT2D eigenvalue weighted by Gasteiger charge is 1.96. The fraction of sp³-hybridized carbons (Fsp3) is 0.0769. The number of hydrogen-bond acceptors (Lipinski definition) is 3. The van der Waals surface area contributed by atoms with Gasteiger partial charge in [0.15, 0.2) is 0 Å². The summed E-state index contributed by atoms with van der Waals surface area (Å²) in [6.07, 6.45) is 0. The molecule has 2 rings (SSSR count). The van der Waals surface area contributed by atoms with Crippen LogP contribution in [0.2, 0.25) is 0 Å². The molecule has 0 saturated heterocycles. The average molecular weight is 212 g/mol. The maximum atomic E-state index is 9.49. The van der Waals surface area contributed by atoms with E-state index in [1.165, 1.54) is 0 Å². The summed E-state index contributed by atoms with van der Waals surface area (Å²) in [5.41, 5.74) is 2.39. The minimum absolute atomic E-state index is 0.138. The zero-order valence-electron chi connectivity index (χ0n) is 8.96. The van der Waals surface area contributed by atoms with E-state index in [0.717, 1.165) is 11.3 Å². The Kier molecular flexibility index (Phi) is 2.96. The van der Waals surface area contributed by atoms with E-state index < -0.39 is 0 Å². The third kappa shape index (κ3) is 2.45. The summed E-state index contributed by atoms with van der Waals surface area (Å²) >= 11 is 0. The van der Waals surface area contributed by atoms with Gasteiger partial charge in [-0.05, 0) is 36.8 Å². The molecule has 0 spiro atoms. The lowest BCUT2D eigenvalue weighted by molar-refractivity contribution is 0.476. The summed E-state index contributed by atoms with van der Waals surface area (Å²) in [6.45, 7) is 2.00. The lowest BCUT2D eigenvalue weighted by atomic mass is 10.2. The standard InChI is InChI=1S/C13H12N2O/c1-10-5-4-6-11(9-10)14-15-12-7-2-3-8-13(12)16/h2-9,16H,1H3. The molecular weight excluding hydrogens is 200 g/mol. The van der Waals surface area contributed by atoms with Gasteiger partial charge >= 0.3 is 0 Å². The van der Waals surface area contributed by atoms with E-state index in [4.69, 9.17) is 0 Å². The van der Waals surface area contributed by atoms with Gasteiger partial charge in [-0.15, -0.1) is 5.11 Å². The van der Waals surface area contributed by atoms with Gasteiger partial charge in [0.25, 0.3) is 0 Å². The maximum Gasteiger partial charge on any atom is 0.143 e. The summed E-state index contributed by atoms with van der Waals surface area (Å²) < 4.78 is 0. The van der Waals surface area contributed by atoms with Crippen LogP contribution in [-0.4, -0.2) is 5.11 Å². The van der Waals surface area contributed by atoms with Crippen molar-refractivity contribution in [2.45, 2.75) is 6.92 Å². The number of nitrogens with zero attached hydrogens (tertiary/aromatic N) is 2. The van der Waals surface area contributed by atoms with E-state index in [1.807, 2.05) is 37.3 Å². The van der Waals surface area contributed by atoms with Crippen molar-refractivity contribution in [1.29, 1.82) is 0 Å². The number of para-hydroxylation sites is 1. The zero-order valence-corrected chi connectivity index (χ0v) is 8.96. The minimum Gasteiger partial charge on any atom is -0.506 e. The van der Waals surface area contributed by atoms with Crippen LogP contribution < -0.4 is 0 Å². The van der Waals surface area contributed by atoms with Crippen molar-refractivity contribution in [1.82, 2.24) is 0 Å². The molecule has 80 valence electrons. The molecule has 0 bridgehead atoms. The molecule has 3 nitrogen and oxygen atoms in total. The number of rotatable bonds is 2. The van der Waals surface area contributed by atoms with E-state index >= 15 is 0 Å². The largest absolute Gasteiger partial charge is 0.506 e. The summed E-state index contributed by atoms with van der Waals surface area (Å²) in [6, 6.07) is 14.6. The quantitative estimate of drug-likeness (QED) is 0.748. The second-order valence-electron chi connectivity index (χ2n) is 3.53. The van der Waals surface area contributed by atoms with Crippen LogP contribution in [0.5, 0.6) is 5.75 Å². The molecule has 16 heavy (non-hydrogen) atoms. The molecule has 0 aliphatic heterocycles. The maximum absolute atomic E-state index is 9.49.